The molecule has 1 aromatic carbocycles. The van der Waals surface area contributed by atoms with Crippen LogP contribution < -0.4 is 10.6 Å². The van der Waals surface area contributed by atoms with E-state index in [1.165, 1.54) is 6.07 Å². The van der Waals surface area contributed by atoms with Crippen molar-refractivity contribution in [2.45, 2.75) is 20.3 Å². The van der Waals surface area contributed by atoms with Crippen molar-refractivity contribution >= 4 is 11.4 Å². The van der Waals surface area contributed by atoms with Crippen molar-refractivity contribution in [3.8, 4) is 0 Å². The highest BCUT2D eigenvalue weighted by atomic mass is 19.1. The quantitative estimate of drug-likeness (QED) is 0.741. The number of halogens is 1. The Morgan fingerprint density at radius 3 is 2.80 bits per heavy atom. The van der Waals surface area contributed by atoms with E-state index in [0.717, 1.165) is 25.2 Å². The third-order valence-electron chi connectivity index (χ3n) is 3.26. The monoisotopic (exact) mass is 208 g/mol. The molecule has 0 amide bonds. The molecular formula is C12H17FN2. The van der Waals surface area contributed by atoms with Gasteiger partial charge < -0.3 is 10.6 Å². The molecule has 0 aliphatic carbocycles. The summed E-state index contributed by atoms with van der Waals surface area (Å²) in [5.74, 6) is -0.180. The van der Waals surface area contributed by atoms with Crippen LogP contribution in [0.15, 0.2) is 18.2 Å². The normalized spacial score (nSPS) is 24.7. The molecule has 1 heterocycles. The predicted octanol–water partition coefficient (Wildman–Crippen LogP) is 3.08. The topological polar surface area (TPSA) is 24.1 Å². The number of para-hydroxylation sites is 1. The van der Waals surface area contributed by atoms with Gasteiger partial charge in [0.25, 0.3) is 0 Å². The van der Waals surface area contributed by atoms with Crippen LogP contribution in [-0.2, 0) is 0 Å². The van der Waals surface area contributed by atoms with Gasteiger partial charge in [0.1, 0.15) is 5.82 Å². The second-order valence-corrected chi connectivity index (χ2v) is 4.53. The molecular weight excluding hydrogens is 191 g/mol. The highest BCUT2D eigenvalue weighted by molar-refractivity contribution is 5.70. The zero-order valence-corrected chi connectivity index (χ0v) is 9.23. The maximum Gasteiger partial charge on any atom is 0.148 e. The largest absolute Gasteiger partial charge is 0.383 e. The first-order valence-corrected chi connectivity index (χ1v) is 5.41. The van der Waals surface area contributed by atoms with Gasteiger partial charge in [-0.1, -0.05) is 19.9 Å². The summed E-state index contributed by atoms with van der Waals surface area (Å²) in [7, 11) is 0. The fourth-order valence-electron chi connectivity index (χ4n) is 1.77. The fourth-order valence-corrected chi connectivity index (χ4v) is 1.77. The van der Waals surface area contributed by atoms with Gasteiger partial charge in [0.2, 0.25) is 0 Å². The summed E-state index contributed by atoms with van der Waals surface area (Å²) in [4.78, 5) is 0. The average Bonchev–Trinajstić information content (AvgIpc) is 2.41. The van der Waals surface area contributed by atoms with Crippen LogP contribution in [0.3, 0.4) is 0 Å². The van der Waals surface area contributed by atoms with Crippen molar-refractivity contribution in [2.24, 2.45) is 5.41 Å². The Kier molecular flexibility index (Phi) is 2.55. The van der Waals surface area contributed by atoms with E-state index in [1.54, 1.807) is 6.07 Å². The fraction of sp³-hybridized carbons (Fsp3) is 0.500. The summed E-state index contributed by atoms with van der Waals surface area (Å²) >= 11 is 0. The van der Waals surface area contributed by atoms with Gasteiger partial charge >= 0.3 is 0 Å². The summed E-state index contributed by atoms with van der Waals surface area (Å²) in [5.41, 5.74) is 1.66. The Bertz CT molecular complexity index is 365. The Labute approximate surface area is 89.9 Å². The molecule has 0 saturated heterocycles. The predicted molar refractivity (Wildman–Crippen MR) is 61.8 cm³/mol. The molecule has 1 aliphatic heterocycles. The van der Waals surface area contributed by atoms with Gasteiger partial charge in [0.05, 0.1) is 11.4 Å². The zero-order chi connectivity index (χ0) is 10.9. The number of anilines is 2. The SMILES string of the molecule is CCC1(C)CNc2cccc(F)c2NC1. The molecule has 15 heavy (non-hydrogen) atoms. The van der Waals surface area contributed by atoms with E-state index >= 15 is 0 Å². The molecule has 0 aromatic heterocycles. The maximum atomic E-state index is 13.5. The lowest BCUT2D eigenvalue weighted by atomic mass is 9.88. The van der Waals surface area contributed by atoms with Crippen molar-refractivity contribution in [3.63, 3.8) is 0 Å². The lowest BCUT2D eigenvalue weighted by molar-refractivity contribution is 0.360. The highest BCUT2D eigenvalue weighted by Gasteiger charge is 2.26. The van der Waals surface area contributed by atoms with Crippen molar-refractivity contribution in [1.82, 2.24) is 0 Å². The summed E-state index contributed by atoms with van der Waals surface area (Å²) in [6.07, 6.45) is 1.07. The Morgan fingerprint density at radius 2 is 2.07 bits per heavy atom. The van der Waals surface area contributed by atoms with Crippen LogP contribution >= 0.6 is 0 Å². The second kappa shape index (κ2) is 3.72. The van der Waals surface area contributed by atoms with Gasteiger partial charge in [-0.25, -0.2) is 4.39 Å². The number of benzene rings is 1. The number of hydrogen-bond donors (Lipinski definition) is 2. The minimum atomic E-state index is -0.180. The van der Waals surface area contributed by atoms with E-state index in [9.17, 15) is 4.39 Å². The van der Waals surface area contributed by atoms with Crippen molar-refractivity contribution < 1.29 is 4.39 Å². The first-order valence-electron chi connectivity index (χ1n) is 5.41. The maximum absolute atomic E-state index is 13.5. The lowest BCUT2D eigenvalue weighted by Gasteiger charge is -2.26. The summed E-state index contributed by atoms with van der Waals surface area (Å²) in [6, 6.07) is 5.13. The minimum absolute atomic E-state index is 0.180. The van der Waals surface area contributed by atoms with Crippen LogP contribution in [0.4, 0.5) is 15.8 Å². The van der Waals surface area contributed by atoms with Gasteiger partial charge in [0, 0.05) is 18.5 Å². The van der Waals surface area contributed by atoms with E-state index < -0.39 is 0 Å². The molecule has 0 spiro atoms. The highest BCUT2D eigenvalue weighted by Crippen LogP contribution is 2.32. The van der Waals surface area contributed by atoms with Crippen LogP contribution in [0.25, 0.3) is 0 Å². The zero-order valence-electron chi connectivity index (χ0n) is 9.23. The first kappa shape index (κ1) is 10.3. The molecule has 2 N–H and O–H groups in total. The smallest absolute Gasteiger partial charge is 0.148 e. The molecule has 0 saturated carbocycles. The minimum Gasteiger partial charge on any atom is -0.383 e. The van der Waals surface area contributed by atoms with Crippen molar-refractivity contribution in [2.75, 3.05) is 23.7 Å². The van der Waals surface area contributed by atoms with Gasteiger partial charge in [0.15, 0.2) is 0 Å². The van der Waals surface area contributed by atoms with Crippen LogP contribution in [0, 0.1) is 11.2 Å². The summed E-state index contributed by atoms with van der Waals surface area (Å²) in [6.45, 7) is 6.06. The third kappa shape index (κ3) is 1.91. The standard InChI is InChI=1S/C12H17FN2/c1-3-12(2)7-14-10-6-4-5-9(13)11(10)15-8-12/h4-6,14-15H,3,7-8H2,1-2H3. The number of fused-ring (bicyclic) bond motifs is 1. The van der Waals surface area contributed by atoms with E-state index in [-0.39, 0.29) is 11.2 Å². The lowest BCUT2D eigenvalue weighted by Crippen LogP contribution is -2.30. The first-order chi connectivity index (χ1) is 7.14. The van der Waals surface area contributed by atoms with Gasteiger partial charge in [-0.05, 0) is 18.6 Å². The average molecular weight is 208 g/mol. The van der Waals surface area contributed by atoms with E-state index in [1.807, 2.05) is 6.07 Å². The van der Waals surface area contributed by atoms with Crippen LogP contribution in [0.5, 0.6) is 0 Å². The number of nitrogens with one attached hydrogen (secondary N) is 2. The number of rotatable bonds is 1. The second-order valence-electron chi connectivity index (χ2n) is 4.53. The molecule has 2 rings (SSSR count). The Balaban J connectivity index is 2.29. The molecule has 1 atom stereocenters. The molecule has 3 heteroatoms. The van der Waals surface area contributed by atoms with E-state index in [2.05, 4.69) is 24.5 Å². The molecule has 1 aromatic rings. The van der Waals surface area contributed by atoms with Crippen LogP contribution in [0.2, 0.25) is 0 Å². The third-order valence-corrected chi connectivity index (χ3v) is 3.26. The Hall–Kier alpha value is -1.25. The number of hydrogen-bond acceptors (Lipinski definition) is 2. The van der Waals surface area contributed by atoms with Gasteiger partial charge in [-0.2, -0.15) is 0 Å². The van der Waals surface area contributed by atoms with Gasteiger partial charge in [-0.3, -0.25) is 0 Å². The van der Waals surface area contributed by atoms with E-state index in [0.29, 0.717) is 5.69 Å². The Morgan fingerprint density at radius 1 is 1.33 bits per heavy atom. The molecule has 0 bridgehead atoms. The molecule has 0 radical (unpaired) electrons. The van der Waals surface area contributed by atoms with Crippen LogP contribution in [0.1, 0.15) is 20.3 Å². The van der Waals surface area contributed by atoms with Crippen LogP contribution in [-0.4, -0.2) is 13.1 Å². The molecule has 1 unspecified atom stereocenters. The molecule has 2 nitrogen and oxygen atoms in total. The molecule has 82 valence electrons. The summed E-state index contributed by atoms with van der Waals surface area (Å²) < 4.78 is 13.5. The van der Waals surface area contributed by atoms with Gasteiger partial charge in [-0.15, -0.1) is 0 Å². The molecule has 1 aliphatic rings. The van der Waals surface area contributed by atoms with Crippen molar-refractivity contribution in [1.29, 1.82) is 0 Å². The van der Waals surface area contributed by atoms with Crippen molar-refractivity contribution in [3.05, 3.63) is 24.0 Å². The summed E-state index contributed by atoms with van der Waals surface area (Å²) in [5, 5.41) is 6.50. The molecule has 0 fully saturated rings. The van der Waals surface area contributed by atoms with E-state index in [4.69, 9.17) is 0 Å².